The van der Waals surface area contributed by atoms with Gasteiger partial charge < -0.3 is 10.4 Å². The van der Waals surface area contributed by atoms with E-state index in [0.29, 0.717) is 0 Å². The number of nitro groups is 1. The lowest BCUT2D eigenvalue weighted by atomic mass is 10.2. The van der Waals surface area contributed by atoms with Crippen LogP contribution >= 0.6 is 15.9 Å². The summed E-state index contributed by atoms with van der Waals surface area (Å²) in [6.07, 6.45) is 0. The van der Waals surface area contributed by atoms with E-state index in [1.54, 1.807) is 6.92 Å². The number of anilines is 1. The van der Waals surface area contributed by atoms with E-state index in [0.717, 1.165) is 6.07 Å². The molecule has 7 heteroatoms. The van der Waals surface area contributed by atoms with Crippen molar-refractivity contribution in [1.29, 1.82) is 0 Å². The molecular formula is C9H10BrFN2O3. The van der Waals surface area contributed by atoms with E-state index in [9.17, 15) is 14.5 Å². The maximum atomic E-state index is 13.1. The Hall–Kier alpha value is -1.21. The van der Waals surface area contributed by atoms with Gasteiger partial charge in [-0.15, -0.1) is 0 Å². The van der Waals surface area contributed by atoms with Crippen molar-refractivity contribution in [2.75, 3.05) is 11.9 Å². The SMILES string of the molecule is CC(CO)Nc1cc(Br)c(F)cc1[N+](=O)[O-]. The molecule has 0 aromatic heterocycles. The summed E-state index contributed by atoms with van der Waals surface area (Å²) >= 11 is 2.94. The minimum Gasteiger partial charge on any atom is -0.394 e. The molecule has 2 N–H and O–H groups in total. The van der Waals surface area contributed by atoms with Gasteiger partial charge in [0.2, 0.25) is 0 Å². The lowest BCUT2D eigenvalue weighted by molar-refractivity contribution is -0.384. The summed E-state index contributed by atoms with van der Waals surface area (Å²) in [4.78, 5) is 10.00. The van der Waals surface area contributed by atoms with Gasteiger partial charge in [-0.3, -0.25) is 10.1 Å². The fraction of sp³-hybridized carbons (Fsp3) is 0.333. The highest BCUT2D eigenvalue weighted by Gasteiger charge is 2.18. The average Bonchev–Trinajstić information content (AvgIpc) is 2.22. The first kappa shape index (κ1) is 12.9. The maximum Gasteiger partial charge on any atom is 0.295 e. The Kier molecular flexibility index (Phi) is 4.19. The molecule has 0 heterocycles. The highest BCUT2D eigenvalue weighted by molar-refractivity contribution is 9.10. The molecule has 0 saturated heterocycles. The zero-order chi connectivity index (χ0) is 12.3. The van der Waals surface area contributed by atoms with Crippen molar-refractivity contribution in [3.8, 4) is 0 Å². The number of nitrogens with zero attached hydrogens (tertiary/aromatic N) is 1. The van der Waals surface area contributed by atoms with Gasteiger partial charge >= 0.3 is 0 Å². The van der Waals surface area contributed by atoms with Crippen molar-refractivity contribution in [3.63, 3.8) is 0 Å². The molecule has 0 bridgehead atoms. The number of aliphatic hydroxyl groups is 1. The molecule has 0 radical (unpaired) electrons. The van der Waals surface area contributed by atoms with E-state index >= 15 is 0 Å². The van der Waals surface area contributed by atoms with E-state index < -0.39 is 10.7 Å². The maximum absolute atomic E-state index is 13.1. The molecule has 0 aliphatic carbocycles. The van der Waals surface area contributed by atoms with Crippen LogP contribution in [0.5, 0.6) is 0 Å². The summed E-state index contributed by atoms with van der Waals surface area (Å²) in [5, 5.41) is 22.2. The number of aliphatic hydroxyl groups excluding tert-OH is 1. The molecular weight excluding hydrogens is 283 g/mol. The van der Waals surface area contributed by atoms with Gasteiger partial charge in [0.15, 0.2) is 0 Å². The minimum atomic E-state index is -0.700. The quantitative estimate of drug-likeness (QED) is 0.659. The number of hydrogen-bond donors (Lipinski definition) is 2. The molecule has 1 aromatic carbocycles. The van der Waals surface area contributed by atoms with Crippen LogP contribution in [0.4, 0.5) is 15.8 Å². The second kappa shape index (κ2) is 5.22. The lowest BCUT2D eigenvalue weighted by Crippen LogP contribution is -2.20. The van der Waals surface area contributed by atoms with Gasteiger partial charge in [-0.2, -0.15) is 0 Å². The minimum absolute atomic E-state index is 0.130. The first-order valence-corrected chi connectivity index (χ1v) is 5.25. The van der Waals surface area contributed by atoms with E-state index in [4.69, 9.17) is 5.11 Å². The van der Waals surface area contributed by atoms with Crippen LogP contribution in [-0.2, 0) is 0 Å². The number of halogens is 2. The normalized spacial score (nSPS) is 12.2. The highest BCUT2D eigenvalue weighted by Crippen LogP contribution is 2.30. The zero-order valence-corrected chi connectivity index (χ0v) is 9.99. The molecule has 16 heavy (non-hydrogen) atoms. The van der Waals surface area contributed by atoms with Gasteiger partial charge in [-0.1, -0.05) is 0 Å². The van der Waals surface area contributed by atoms with Gasteiger partial charge in [0.1, 0.15) is 11.5 Å². The fourth-order valence-corrected chi connectivity index (χ4v) is 1.46. The summed E-state index contributed by atoms with van der Waals surface area (Å²) < 4.78 is 13.2. The van der Waals surface area contributed by atoms with Crippen LogP contribution in [0.25, 0.3) is 0 Å². The molecule has 1 aromatic rings. The molecule has 0 spiro atoms. The molecule has 0 fully saturated rings. The first-order chi connectivity index (χ1) is 7.45. The van der Waals surface area contributed by atoms with E-state index in [2.05, 4.69) is 21.2 Å². The molecule has 1 rings (SSSR count). The topological polar surface area (TPSA) is 75.4 Å². The number of nitro benzene ring substituents is 1. The Bertz CT molecular complexity index is 414. The summed E-state index contributed by atoms with van der Waals surface area (Å²) in [7, 11) is 0. The second-order valence-electron chi connectivity index (χ2n) is 3.27. The Morgan fingerprint density at radius 1 is 1.69 bits per heavy atom. The highest BCUT2D eigenvalue weighted by atomic mass is 79.9. The Morgan fingerprint density at radius 2 is 2.31 bits per heavy atom. The first-order valence-electron chi connectivity index (χ1n) is 4.46. The Labute approximate surface area is 99.6 Å². The van der Waals surface area contributed by atoms with Crippen molar-refractivity contribution in [1.82, 2.24) is 0 Å². The molecule has 0 aliphatic rings. The van der Waals surface area contributed by atoms with Crippen LogP contribution in [0.1, 0.15) is 6.92 Å². The fourth-order valence-electron chi connectivity index (χ4n) is 1.11. The van der Waals surface area contributed by atoms with Crippen LogP contribution in [0.15, 0.2) is 16.6 Å². The van der Waals surface area contributed by atoms with Gasteiger partial charge in [0, 0.05) is 6.04 Å². The van der Waals surface area contributed by atoms with Crippen molar-refractivity contribution in [2.24, 2.45) is 0 Å². The third-order valence-corrected chi connectivity index (χ3v) is 2.52. The molecule has 0 amide bonds. The monoisotopic (exact) mass is 292 g/mol. The Morgan fingerprint density at radius 3 is 2.81 bits per heavy atom. The summed E-state index contributed by atoms with van der Waals surface area (Å²) in [5.41, 5.74) is -0.194. The summed E-state index contributed by atoms with van der Waals surface area (Å²) in [5.74, 6) is -0.700. The van der Waals surface area contributed by atoms with Crippen molar-refractivity contribution in [3.05, 3.63) is 32.5 Å². The van der Waals surface area contributed by atoms with Crippen molar-refractivity contribution >= 4 is 27.3 Å². The summed E-state index contributed by atoms with van der Waals surface area (Å²) in [6.45, 7) is 1.48. The van der Waals surface area contributed by atoms with Gasteiger partial charge in [0.05, 0.1) is 22.1 Å². The standard InChI is InChI=1S/C9H10BrFN2O3/c1-5(4-14)12-8-2-6(10)7(11)3-9(8)13(15)16/h2-3,5,12,14H,4H2,1H3. The van der Waals surface area contributed by atoms with E-state index in [-0.39, 0.29) is 28.5 Å². The predicted molar refractivity (Wildman–Crippen MR) is 60.9 cm³/mol. The number of rotatable bonds is 4. The molecule has 0 aliphatic heterocycles. The third-order valence-electron chi connectivity index (χ3n) is 1.91. The average molecular weight is 293 g/mol. The molecule has 1 unspecified atom stereocenters. The van der Waals surface area contributed by atoms with Crippen LogP contribution in [-0.4, -0.2) is 22.7 Å². The van der Waals surface area contributed by atoms with Crippen LogP contribution in [0.2, 0.25) is 0 Å². The largest absolute Gasteiger partial charge is 0.394 e. The molecule has 1 atom stereocenters. The Balaban J connectivity index is 3.14. The lowest BCUT2D eigenvalue weighted by Gasteiger charge is -2.12. The smallest absolute Gasteiger partial charge is 0.295 e. The molecule has 0 saturated carbocycles. The van der Waals surface area contributed by atoms with Crippen LogP contribution in [0, 0.1) is 15.9 Å². The van der Waals surface area contributed by atoms with Crippen molar-refractivity contribution in [2.45, 2.75) is 13.0 Å². The molecule has 5 nitrogen and oxygen atoms in total. The molecule has 88 valence electrons. The zero-order valence-electron chi connectivity index (χ0n) is 8.41. The number of benzene rings is 1. The van der Waals surface area contributed by atoms with Gasteiger partial charge in [-0.05, 0) is 28.9 Å². The predicted octanol–water partition coefficient (Wildman–Crippen LogP) is 2.29. The van der Waals surface area contributed by atoms with E-state index in [1.807, 2.05) is 0 Å². The van der Waals surface area contributed by atoms with Crippen molar-refractivity contribution < 1.29 is 14.4 Å². The van der Waals surface area contributed by atoms with Gasteiger partial charge in [0.25, 0.3) is 5.69 Å². The summed E-state index contributed by atoms with van der Waals surface area (Å²) in [6, 6.07) is 1.76. The van der Waals surface area contributed by atoms with Gasteiger partial charge in [-0.25, -0.2) is 4.39 Å². The third kappa shape index (κ3) is 2.89. The number of hydrogen-bond acceptors (Lipinski definition) is 4. The van der Waals surface area contributed by atoms with E-state index in [1.165, 1.54) is 6.07 Å². The number of nitrogens with one attached hydrogen (secondary N) is 1. The van der Waals surface area contributed by atoms with Crippen LogP contribution in [0.3, 0.4) is 0 Å². The van der Waals surface area contributed by atoms with Crippen LogP contribution < -0.4 is 5.32 Å². The second-order valence-corrected chi connectivity index (χ2v) is 4.12.